The molecule has 0 saturated carbocycles. The number of hydrogen-bond donors (Lipinski definition) is 1. The van der Waals surface area contributed by atoms with Crippen LogP contribution in [0.25, 0.3) is 0 Å². The van der Waals surface area contributed by atoms with Gasteiger partial charge in [-0.3, -0.25) is 4.79 Å². The second-order valence-electron chi connectivity index (χ2n) is 6.04. The monoisotopic (exact) mass is 447 g/mol. The number of halogens is 2. The average molecular weight is 448 g/mol. The number of methoxy groups -OCH3 is 2. The highest BCUT2D eigenvalue weighted by atomic mass is 35.5. The number of carbonyl (C=O) groups is 1. The van der Waals surface area contributed by atoms with Crippen LogP contribution in [0, 0.1) is 0 Å². The van der Waals surface area contributed by atoms with Crippen molar-refractivity contribution >= 4 is 46.6 Å². The summed E-state index contributed by atoms with van der Waals surface area (Å²) < 4.78 is 10.6. The highest BCUT2D eigenvalue weighted by Crippen LogP contribution is 2.39. The van der Waals surface area contributed by atoms with Crippen LogP contribution in [0.3, 0.4) is 0 Å². The van der Waals surface area contributed by atoms with Gasteiger partial charge in [-0.2, -0.15) is 0 Å². The van der Waals surface area contributed by atoms with Gasteiger partial charge in [-0.15, -0.1) is 11.8 Å². The van der Waals surface area contributed by atoms with E-state index in [1.54, 1.807) is 24.3 Å². The molecule has 0 aliphatic rings. The number of benzene rings is 3. The van der Waals surface area contributed by atoms with E-state index in [2.05, 4.69) is 5.32 Å². The van der Waals surface area contributed by atoms with Gasteiger partial charge in [-0.25, -0.2) is 0 Å². The van der Waals surface area contributed by atoms with E-state index >= 15 is 0 Å². The lowest BCUT2D eigenvalue weighted by Gasteiger charge is -2.19. The third-order valence-electron chi connectivity index (χ3n) is 4.14. The standard InChI is InChI=1S/C22H19Cl2NO3S/c1-27-19-13-20(28-2)18(12-17(19)24)25-22(26)21(14-6-4-3-5-7-14)29-16-10-8-15(23)9-11-16/h3-13,21H,1-2H3,(H,25,26)/t21-/m0/s1. The molecule has 0 fully saturated rings. The molecule has 0 bridgehead atoms. The molecule has 1 amide bonds. The van der Waals surface area contributed by atoms with Crippen molar-refractivity contribution in [1.29, 1.82) is 0 Å². The smallest absolute Gasteiger partial charge is 0.242 e. The first-order valence-electron chi connectivity index (χ1n) is 8.71. The van der Waals surface area contributed by atoms with E-state index in [0.717, 1.165) is 10.5 Å². The van der Waals surface area contributed by atoms with E-state index in [1.165, 1.54) is 26.0 Å². The molecule has 0 unspecified atom stereocenters. The van der Waals surface area contributed by atoms with Crippen LogP contribution in [0.5, 0.6) is 11.5 Å². The maximum Gasteiger partial charge on any atom is 0.242 e. The second kappa shape index (κ2) is 9.92. The summed E-state index contributed by atoms with van der Waals surface area (Å²) in [5.41, 5.74) is 1.35. The molecular formula is C22H19Cl2NO3S. The van der Waals surface area contributed by atoms with Gasteiger partial charge in [0, 0.05) is 16.0 Å². The van der Waals surface area contributed by atoms with Crippen molar-refractivity contribution in [3.8, 4) is 11.5 Å². The summed E-state index contributed by atoms with van der Waals surface area (Å²) >= 11 is 13.7. The van der Waals surface area contributed by atoms with Crippen LogP contribution in [0.15, 0.2) is 71.6 Å². The molecule has 0 spiro atoms. The predicted octanol–water partition coefficient (Wildman–Crippen LogP) is 6.48. The topological polar surface area (TPSA) is 47.6 Å². The first kappa shape index (κ1) is 21.4. The summed E-state index contributed by atoms with van der Waals surface area (Å²) in [5.74, 6) is 0.732. The van der Waals surface area contributed by atoms with E-state index in [4.69, 9.17) is 32.7 Å². The van der Waals surface area contributed by atoms with Gasteiger partial charge >= 0.3 is 0 Å². The molecule has 150 valence electrons. The molecule has 3 aromatic rings. The highest BCUT2D eigenvalue weighted by molar-refractivity contribution is 8.00. The Bertz CT molecular complexity index is 981. The molecule has 0 aromatic heterocycles. The van der Waals surface area contributed by atoms with Gasteiger partial charge in [-0.05, 0) is 35.9 Å². The fourth-order valence-electron chi connectivity index (χ4n) is 2.71. The quantitative estimate of drug-likeness (QED) is 0.420. The van der Waals surface area contributed by atoms with Crippen molar-refractivity contribution in [2.24, 2.45) is 0 Å². The first-order chi connectivity index (χ1) is 14.0. The Balaban J connectivity index is 1.91. The molecule has 1 atom stereocenters. The summed E-state index contributed by atoms with van der Waals surface area (Å²) in [6, 6.07) is 20.2. The molecule has 0 aliphatic carbocycles. The molecule has 7 heteroatoms. The minimum atomic E-state index is -0.483. The third kappa shape index (κ3) is 5.38. The van der Waals surface area contributed by atoms with Gasteiger partial charge in [0.25, 0.3) is 0 Å². The molecule has 3 aromatic carbocycles. The van der Waals surface area contributed by atoms with Gasteiger partial charge in [0.15, 0.2) is 0 Å². The van der Waals surface area contributed by atoms with E-state index in [-0.39, 0.29) is 5.91 Å². The molecule has 1 N–H and O–H groups in total. The Hall–Kier alpha value is -2.34. The third-order valence-corrected chi connectivity index (χ3v) is 5.95. The van der Waals surface area contributed by atoms with Gasteiger partial charge < -0.3 is 14.8 Å². The fraction of sp³-hybridized carbons (Fsp3) is 0.136. The minimum absolute atomic E-state index is 0.198. The zero-order valence-corrected chi connectivity index (χ0v) is 18.1. The van der Waals surface area contributed by atoms with Crippen LogP contribution in [0.4, 0.5) is 5.69 Å². The van der Waals surface area contributed by atoms with E-state index in [9.17, 15) is 4.79 Å². The predicted molar refractivity (Wildman–Crippen MR) is 120 cm³/mol. The van der Waals surface area contributed by atoms with Crippen molar-refractivity contribution in [1.82, 2.24) is 0 Å². The Kier molecular flexibility index (Phi) is 7.31. The lowest BCUT2D eigenvalue weighted by Crippen LogP contribution is -2.19. The number of rotatable bonds is 7. The number of nitrogens with one attached hydrogen (secondary N) is 1. The van der Waals surface area contributed by atoms with Gasteiger partial charge in [0.2, 0.25) is 5.91 Å². The summed E-state index contributed by atoms with van der Waals surface area (Å²) in [5, 5.41) is 3.48. The van der Waals surface area contributed by atoms with Crippen molar-refractivity contribution in [3.63, 3.8) is 0 Å². The number of carbonyl (C=O) groups excluding carboxylic acids is 1. The van der Waals surface area contributed by atoms with Gasteiger partial charge in [0.1, 0.15) is 16.7 Å². The average Bonchev–Trinajstić information content (AvgIpc) is 2.74. The van der Waals surface area contributed by atoms with Crippen molar-refractivity contribution in [3.05, 3.63) is 82.3 Å². The molecular weight excluding hydrogens is 429 g/mol. The Morgan fingerprint density at radius 2 is 1.59 bits per heavy atom. The molecule has 0 saturated heterocycles. The van der Waals surface area contributed by atoms with Crippen LogP contribution >= 0.6 is 35.0 Å². The molecule has 0 heterocycles. The van der Waals surface area contributed by atoms with Crippen molar-refractivity contribution in [2.45, 2.75) is 10.1 Å². The maximum absolute atomic E-state index is 13.2. The normalized spacial score (nSPS) is 11.6. The van der Waals surface area contributed by atoms with Crippen LogP contribution in [-0.2, 0) is 4.79 Å². The minimum Gasteiger partial charge on any atom is -0.495 e. The Morgan fingerprint density at radius 1 is 0.931 bits per heavy atom. The molecule has 0 radical (unpaired) electrons. The Morgan fingerprint density at radius 3 is 2.21 bits per heavy atom. The summed E-state index contributed by atoms with van der Waals surface area (Å²) in [7, 11) is 3.04. The molecule has 3 rings (SSSR count). The highest BCUT2D eigenvalue weighted by Gasteiger charge is 2.24. The number of amides is 1. The van der Waals surface area contributed by atoms with E-state index < -0.39 is 5.25 Å². The van der Waals surface area contributed by atoms with E-state index in [1.807, 2.05) is 42.5 Å². The molecule has 0 aliphatic heterocycles. The molecule has 4 nitrogen and oxygen atoms in total. The number of hydrogen-bond acceptors (Lipinski definition) is 4. The van der Waals surface area contributed by atoms with Crippen LogP contribution in [0.1, 0.15) is 10.8 Å². The largest absolute Gasteiger partial charge is 0.495 e. The van der Waals surface area contributed by atoms with Crippen LogP contribution in [-0.4, -0.2) is 20.1 Å². The van der Waals surface area contributed by atoms with E-state index in [0.29, 0.717) is 27.2 Å². The second-order valence-corrected chi connectivity index (χ2v) is 8.06. The lowest BCUT2D eigenvalue weighted by molar-refractivity contribution is -0.115. The van der Waals surface area contributed by atoms with Crippen LogP contribution in [0.2, 0.25) is 10.0 Å². The van der Waals surface area contributed by atoms with Gasteiger partial charge in [-0.1, -0.05) is 53.5 Å². The molecule has 29 heavy (non-hydrogen) atoms. The zero-order chi connectivity index (χ0) is 20.8. The summed E-state index contributed by atoms with van der Waals surface area (Å²) in [6.45, 7) is 0. The van der Waals surface area contributed by atoms with Crippen molar-refractivity contribution in [2.75, 3.05) is 19.5 Å². The summed E-state index contributed by atoms with van der Waals surface area (Å²) in [6.07, 6.45) is 0. The fourth-order valence-corrected chi connectivity index (χ4v) is 4.10. The maximum atomic E-state index is 13.2. The van der Waals surface area contributed by atoms with Crippen LogP contribution < -0.4 is 14.8 Å². The first-order valence-corrected chi connectivity index (χ1v) is 10.3. The Labute approximate surface area is 184 Å². The number of ether oxygens (including phenoxy) is 2. The number of anilines is 1. The number of thioether (sulfide) groups is 1. The zero-order valence-electron chi connectivity index (χ0n) is 15.8. The van der Waals surface area contributed by atoms with Gasteiger partial charge in [0.05, 0.1) is 24.9 Å². The van der Waals surface area contributed by atoms with Crippen molar-refractivity contribution < 1.29 is 14.3 Å². The lowest BCUT2D eigenvalue weighted by atomic mass is 10.1. The SMILES string of the molecule is COc1cc(OC)c(NC(=O)[C@@H](Sc2ccc(Cl)cc2)c2ccccc2)cc1Cl. The summed E-state index contributed by atoms with van der Waals surface area (Å²) in [4.78, 5) is 14.2.